The highest BCUT2D eigenvalue weighted by Gasteiger charge is 2.28. The molecule has 0 amide bonds. The summed E-state index contributed by atoms with van der Waals surface area (Å²) in [5, 5.41) is 11.2. The first-order chi connectivity index (χ1) is 16.6. The average Bonchev–Trinajstić information content (AvgIpc) is 2.86. The number of nitrogens with zero attached hydrogens (tertiary/aromatic N) is 2. The third-order valence-electron chi connectivity index (χ3n) is 6.83. The number of rotatable bonds is 10. The smallest absolute Gasteiger partial charge is 0.136 e. The van der Waals surface area contributed by atoms with Crippen LogP contribution in [0, 0.1) is 23.5 Å². The lowest BCUT2D eigenvalue weighted by Crippen LogP contribution is -2.42. The zero-order chi connectivity index (χ0) is 23.9. The molecule has 34 heavy (non-hydrogen) atoms. The number of pyridine rings is 1. The molecule has 0 radical (unpaired) electrons. The predicted molar refractivity (Wildman–Crippen MR) is 133 cm³/mol. The maximum absolute atomic E-state index is 13.8. The summed E-state index contributed by atoms with van der Waals surface area (Å²) in [6.07, 6.45) is 6.03. The van der Waals surface area contributed by atoms with E-state index in [-0.39, 0.29) is 18.3 Å². The Labute approximate surface area is 204 Å². The summed E-state index contributed by atoms with van der Waals surface area (Å²) in [5.41, 5.74) is 2.26. The molecule has 0 unspecified atom stereocenters. The Morgan fingerprint density at radius 3 is 2.85 bits per heavy atom. The van der Waals surface area contributed by atoms with Crippen LogP contribution in [0.25, 0.3) is 10.9 Å². The van der Waals surface area contributed by atoms with E-state index < -0.39 is 5.82 Å². The molecule has 2 aromatic carbocycles. The molecule has 4 nitrogen and oxygen atoms in total. The van der Waals surface area contributed by atoms with E-state index in [1.54, 1.807) is 7.11 Å². The largest absolute Gasteiger partial charge is 0.497 e. The number of hydrogen-bond donors (Lipinski definition) is 1. The standard InChI is InChI=1S/C27H32F2N2O2S/c1-33-23-6-8-26-24(16-23)20(9-11-30-26)4-2-3-19-10-12-31(17-21(19)18-32)13-14-34-27-15-22(28)5-7-25(27)29/h5-9,11,15-16,19,21,32H,2-4,10,12-14,17-18H2,1H3/t19-,21-/m1/s1. The summed E-state index contributed by atoms with van der Waals surface area (Å²) in [4.78, 5) is 7.16. The molecule has 1 aliphatic rings. The topological polar surface area (TPSA) is 45.6 Å². The van der Waals surface area contributed by atoms with Crippen LogP contribution in [0.4, 0.5) is 8.78 Å². The van der Waals surface area contributed by atoms with E-state index in [1.165, 1.54) is 29.5 Å². The lowest BCUT2D eigenvalue weighted by Gasteiger charge is -2.38. The number of aromatic nitrogens is 1. The van der Waals surface area contributed by atoms with Crippen LogP contribution in [0.15, 0.2) is 53.6 Å². The minimum atomic E-state index is -0.413. The molecule has 4 rings (SSSR count). The van der Waals surface area contributed by atoms with Gasteiger partial charge in [0, 0.05) is 41.9 Å². The number of aliphatic hydroxyl groups excluding tert-OH is 1. The number of piperidine rings is 1. The number of halogens is 2. The molecule has 2 heterocycles. The van der Waals surface area contributed by atoms with Crippen molar-refractivity contribution < 1.29 is 18.6 Å². The van der Waals surface area contributed by atoms with Gasteiger partial charge in [0.15, 0.2) is 0 Å². The molecule has 7 heteroatoms. The van der Waals surface area contributed by atoms with E-state index in [9.17, 15) is 13.9 Å². The minimum absolute atomic E-state index is 0.183. The number of methoxy groups -OCH3 is 1. The van der Waals surface area contributed by atoms with Gasteiger partial charge >= 0.3 is 0 Å². The second-order valence-electron chi connectivity index (χ2n) is 8.96. The van der Waals surface area contributed by atoms with Gasteiger partial charge in [-0.2, -0.15) is 0 Å². The molecule has 1 aliphatic heterocycles. The van der Waals surface area contributed by atoms with Crippen LogP contribution in [0.3, 0.4) is 0 Å². The molecular formula is C27H32F2N2O2S. The van der Waals surface area contributed by atoms with Crippen LogP contribution in [0.1, 0.15) is 24.8 Å². The summed E-state index contributed by atoms with van der Waals surface area (Å²) in [6, 6.07) is 11.7. The predicted octanol–water partition coefficient (Wildman–Crippen LogP) is 5.57. The molecule has 3 aromatic rings. The Morgan fingerprint density at radius 2 is 2.03 bits per heavy atom. The van der Waals surface area contributed by atoms with Crippen LogP contribution in [-0.2, 0) is 6.42 Å². The van der Waals surface area contributed by atoms with E-state index in [0.29, 0.717) is 16.6 Å². The Balaban J connectivity index is 1.26. The molecule has 1 fully saturated rings. The van der Waals surface area contributed by atoms with Gasteiger partial charge in [-0.1, -0.05) is 0 Å². The number of fused-ring (bicyclic) bond motifs is 1. The van der Waals surface area contributed by atoms with Crippen molar-refractivity contribution in [1.29, 1.82) is 0 Å². The molecule has 2 atom stereocenters. The summed E-state index contributed by atoms with van der Waals surface area (Å²) in [7, 11) is 1.68. The Kier molecular flexibility index (Phi) is 8.75. The highest BCUT2D eigenvalue weighted by Crippen LogP contribution is 2.30. The maximum atomic E-state index is 13.8. The number of ether oxygens (including phenoxy) is 1. The fraction of sp³-hybridized carbons (Fsp3) is 0.444. The number of hydrogen-bond acceptors (Lipinski definition) is 5. The van der Waals surface area contributed by atoms with E-state index in [0.717, 1.165) is 68.0 Å². The lowest BCUT2D eigenvalue weighted by molar-refractivity contribution is 0.0710. The highest BCUT2D eigenvalue weighted by atomic mass is 32.2. The zero-order valence-electron chi connectivity index (χ0n) is 19.6. The van der Waals surface area contributed by atoms with Gasteiger partial charge in [0.05, 0.1) is 12.6 Å². The van der Waals surface area contributed by atoms with Crippen molar-refractivity contribution in [3.05, 3.63) is 65.9 Å². The summed E-state index contributed by atoms with van der Waals surface area (Å²) < 4.78 is 32.6. The molecule has 1 aromatic heterocycles. The third kappa shape index (κ3) is 6.26. The van der Waals surface area contributed by atoms with Crippen molar-refractivity contribution in [3.8, 4) is 5.75 Å². The molecule has 0 spiro atoms. The molecular weight excluding hydrogens is 454 g/mol. The van der Waals surface area contributed by atoms with Crippen molar-refractivity contribution in [3.63, 3.8) is 0 Å². The van der Waals surface area contributed by atoms with Gasteiger partial charge in [0.25, 0.3) is 0 Å². The number of thioether (sulfide) groups is 1. The number of aryl methyl sites for hydroxylation is 1. The van der Waals surface area contributed by atoms with Crippen molar-refractivity contribution >= 4 is 22.7 Å². The number of benzene rings is 2. The van der Waals surface area contributed by atoms with Crippen LogP contribution in [0.2, 0.25) is 0 Å². The van der Waals surface area contributed by atoms with E-state index in [2.05, 4.69) is 22.0 Å². The maximum Gasteiger partial charge on any atom is 0.136 e. The Morgan fingerprint density at radius 1 is 1.15 bits per heavy atom. The fourth-order valence-corrected chi connectivity index (χ4v) is 5.87. The number of aliphatic hydroxyl groups is 1. The molecule has 1 saturated heterocycles. The average molecular weight is 487 g/mol. The van der Waals surface area contributed by atoms with E-state index in [4.69, 9.17) is 4.74 Å². The van der Waals surface area contributed by atoms with Gasteiger partial charge < -0.3 is 14.7 Å². The van der Waals surface area contributed by atoms with Crippen molar-refractivity contribution in [2.45, 2.75) is 30.6 Å². The van der Waals surface area contributed by atoms with Gasteiger partial charge in [-0.15, -0.1) is 11.8 Å². The second-order valence-corrected chi connectivity index (χ2v) is 10.1. The molecule has 0 saturated carbocycles. The summed E-state index contributed by atoms with van der Waals surface area (Å²) >= 11 is 1.35. The quantitative estimate of drug-likeness (QED) is 0.380. The van der Waals surface area contributed by atoms with Crippen LogP contribution < -0.4 is 4.74 Å². The molecule has 182 valence electrons. The highest BCUT2D eigenvalue weighted by molar-refractivity contribution is 7.99. The first kappa shape index (κ1) is 24.9. The SMILES string of the molecule is COc1ccc2nccc(CCC[C@@H]3CCN(CCSc4cc(F)ccc4F)C[C@@H]3CO)c2c1. The van der Waals surface area contributed by atoms with Crippen LogP contribution >= 0.6 is 11.8 Å². The van der Waals surface area contributed by atoms with Crippen molar-refractivity contribution in [1.82, 2.24) is 9.88 Å². The Hall–Kier alpha value is -2.22. The van der Waals surface area contributed by atoms with E-state index in [1.807, 2.05) is 18.3 Å². The molecule has 0 bridgehead atoms. The summed E-state index contributed by atoms with van der Waals surface area (Å²) in [5.74, 6) is 1.49. The van der Waals surface area contributed by atoms with Gasteiger partial charge in [0.1, 0.15) is 17.4 Å². The normalized spacial score (nSPS) is 18.9. The van der Waals surface area contributed by atoms with Crippen molar-refractivity contribution in [2.24, 2.45) is 11.8 Å². The summed E-state index contributed by atoms with van der Waals surface area (Å²) in [6.45, 7) is 2.81. The zero-order valence-corrected chi connectivity index (χ0v) is 20.4. The van der Waals surface area contributed by atoms with Gasteiger partial charge in [0.2, 0.25) is 0 Å². The minimum Gasteiger partial charge on any atom is -0.497 e. The first-order valence-electron chi connectivity index (χ1n) is 11.9. The third-order valence-corrected chi connectivity index (χ3v) is 7.84. The monoisotopic (exact) mass is 486 g/mol. The lowest BCUT2D eigenvalue weighted by atomic mass is 9.82. The molecule has 1 N–H and O–H groups in total. The van der Waals surface area contributed by atoms with Crippen molar-refractivity contribution in [2.75, 3.05) is 39.1 Å². The van der Waals surface area contributed by atoms with Crippen LogP contribution in [-0.4, -0.2) is 54.1 Å². The first-order valence-corrected chi connectivity index (χ1v) is 12.9. The van der Waals surface area contributed by atoms with Gasteiger partial charge in [-0.3, -0.25) is 4.98 Å². The fourth-order valence-electron chi connectivity index (χ4n) is 4.90. The van der Waals surface area contributed by atoms with E-state index >= 15 is 0 Å². The second kappa shape index (κ2) is 12.0. The molecule has 0 aliphatic carbocycles. The van der Waals surface area contributed by atoms with Crippen LogP contribution in [0.5, 0.6) is 5.75 Å². The van der Waals surface area contributed by atoms with Gasteiger partial charge in [-0.25, -0.2) is 8.78 Å². The Bertz CT molecular complexity index is 1100. The van der Waals surface area contributed by atoms with Gasteiger partial charge in [-0.05, 0) is 92.1 Å². The number of likely N-dealkylation sites (tertiary alicyclic amines) is 1.